The number of imidazole rings is 1. The summed E-state index contributed by atoms with van der Waals surface area (Å²) in [6, 6.07) is 0. The van der Waals surface area contributed by atoms with Crippen molar-refractivity contribution in [1.82, 2.24) is 9.55 Å². The number of hydrogen-bond acceptors (Lipinski definition) is 2. The van der Waals surface area contributed by atoms with Crippen molar-refractivity contribution in [2.75, 3.05) is 7.11 Å². The molecule has 128 valence electrons. The van der Waals surface area contributed by atoms with Gasteiger partial charge in [-0.05, 0) is 0 Å². The average molecular weight is 415 g/mol. The van der Waals surface area contributed by atoms with Crippen LogP contribution < -0.4 is 3.84 Å². The Kier molecular flexibility index (Phi) is 9.72. The zero-order valence-corrected chi connectivity index (χ0v) is 18.3. The van der Waals surface area contributed by atoms with Crippen LogP contribution in [0.1, 0.15) is 65.0 Å². The van der Waals surface area contributed by atoms with Gasteiger partial charge in [-0.15, -0.1) is 0 Å². The van der Waals surface area contributed by atoms with Crippen molar-refractivity contribution in [3.05, 3.63) is 11.9 Å². The Hall–Kier alpha value is -0.0313. The van der Waals surface area contributed by atoms with Crippen LogP contribution in [0.4, 0.5) is 0 Å². The Morgan fingerprint density at radius 3 is 1.91 bits per heavy atom. The van der Waals surface area contributed by atoms with E-state index in [1.54, 1.807) is 7.11 Å². The maximum atomic E-state index is 5.34. The zero-order valence-electron chi connectivity index (χ0n) is 15.5. The maximum absolute atomic E-state index is 5.34. The van der Waals surface area contributed by atoms with Gasteiger partial charge in [0.05, 0.1) is 0 Å². The van der Waals surface area contributed by atoms with Crippen LogP contribution in [0.5, 0.6) is 0 Å². The van der Waals surface area contributed by atoms with E-state index >= 15 is 0 Å². The molecule has 0 unspecified atom stereocenters. The second-order valence-electron chi connectivity index (χ2n) is 6.66. The van der Waals surface area contributed by atoms with Crippen LogP contribution in [0.25, 0.3) is 0 Å². The van der Waals surface area contributed by atoms with E-state index in [0.29, 0.717) is 6.61 Å². The average Bonchev–Trinajstić information content (AvgIpc) is 2.89. The van der Waals surface area contributed by atoms with E-state index in [0.717, 1.165) is 0 Å². The summed E-state index contributed by atoms with van der Waals surface area (Å²) >= 11 is -2.38. The Labute approximate surface area is 141 Å². The molecule has 0 spiro atoms. The first-order valence-electron chi connectivity index (χ1n) is 9.15. The summed E-state index contributed by atoms with van der Waals surface area (Å²) in [4.78, 5) is 4.94. The molecular weight excluding hydrogens is 379 g/mol. The van der Waals surface area contributed by atoms with Crippen LogP contribution in [0.15, 0.2) is 6.20 Å². The van der Waals surface area contributed by atoms with Gasteiger partial charge < -0.3 is 0 Å². The summed E-state index contributed by atoms with van der Waals surface area (Å²) in [5.74, 6) is 0. The SMILES string of the molecule is CCC[CH2][Sn]([CH2]CCC)([CH2]CCC)[c]1ncc(COC)n1C. The van der Waals surface area contributed by atoms with Gasteiger partial charge in [-0.2, -0.15) is 0 Å². The normalized spacial score (nSPS) is 12.0. The summed E-state index contributed by atoms with van der Waals surface area (Å²) in [6.07, 6.45) is 10.2. The number of nitrogens with zero attached hydrogens (tertiary/aromatic N) is 2. The minimum atomic E-state index is -2.38. The van der Waals surface area contributed by atoms with E-state index in [4.69, 9.17) is 9.72 Å². The molecule has 0 aliphatic rings. The fraction of sp³-hybridized carbons (Fsp3) is 0.833. The van der Waals surface area contributed by atoms with Gasteiger partial charge in [-0.25, -0.2) is 0 Å². The molecule has 1 aromatic heterocycles. The quantitative estimate of drug-likeness (QED) is 0.466. The monoisotopic (exact) mass is 416 g/mol. The Bertz CT molecular complexity index is 395. The van der Waals surface area contributed by atoms with E-state index in [9.17, 15) is 0 Å². The third-order valence-electron chi connectivity index (χ3n) is 4.88. The van der Waals surface area contributed by atoms with Crippen LogP contribution in [0, 0.1) is 0 Å². The van der Waals surface area contributed by atoms with Crippen LogP contribution in [-0.2, 0) is 18.4 Å². The van der Waals surface area contributed by atoms with Gasteiger partial charge in [0.1, 0.15) is 0 Å². The van der Waals surface area contributed by atoms with Crippen LogP contribution in [0.2, 0.25) is 13.3 Å². The van der Waals surface area contributed by atoms with Gasteiger partial charge in [-0.3, -0.25) is 0 Å². The molecule has 0 bridgehead atoms. The summed E-state index contributed by atoms with van der Waals surface area (Å²) < 4.78 is 13.7. The molecule has 3 nitrogen and oxygen atoms in total. The Balaban J connectivity index is 3.13. The predicted molar refractivity (Wildman–Crippen MR) is 98.5 cm³/mol. The zero-order chi connectivity index (χ0) is 16.4. The van der Waals surface area contributed by atoms with E-state index in [-0.39, 0.29) is 0 Å². The van der Waals surface area contributed by atoms with Crippen molar-refractivity contribution in [1.29, 1.82) is 0 Å². The molecule has 0 fully saturated rings. The summed E-state index contributed by atoms with van der Waals surface area (Å²) in [7, 11) is 3.99. The fourth-order valence-electron chi connectivity index (χ4n) is 3.48. The fourth-order valence-corrected chi connectivity index (χ4v) is 19.8. The molecule has 0 aliphatic carbocycles. The standard InChI is InChI=1S/C6H9N2O.3C4H9.Sn/c1-8-5-7-3-6(8)4-9-2;3*1-3-4-2;/h3H,4H2,1-2H3;3*1,3-4H2,2H3;. The number of hydrogen-bond donors (Lipinski definition) is 0. The Morgan fingerprint density at radius 1 is 1.00 bits per heavy atom. The number of rotatable bonds is 12. The molecule has 0 radical (unpaired) electrons. The van der Waals surface area contributed by atoms with Gasteiger partial charge >= 0.3 is 142 Å². The van der Waals surface area contributed by atoms with Crippen LogP contribution >= 0.6 is 0 Å². The van der Waals surface area contributed by atoms with Crippen molar-refractivity contribution in [2.45, 2.75) is 79.2 Å². The van der Waals surface area contributed by atoms with Gasteiger partial charge in [0.25, 0.3) is 0 Å². The van der Waals surface area contributed by atoms with Crippen LogP contribution in [-0.4, -0.2) is 35.0 Å². The molecule has 1 aromatic rings. The third kappa shape index (κ3) is 5.26. The molecule has 0 atom stereocenters. The molecule has 0 saturated heterocycles. The molecule has 1 rings (SSSR count). The Morgan fingerprint density at radius 2 is 1.50 bits per heavy atom. The van der Waals surface area contributed by atoms with Gasteiger partial charge in [0.15, 0.2) is 0 Å². The van der Waals surface area contributed by atoms with Gasteiger partial charge in [-0.1, -0.05) is 0 Å². The van der Waals surface area contributed by atoms with Crippen molar-refractivity contribution >= 4 is 22.2 Å². The van der Waals surface area contributed by atoms with E-state index in [1.165, 1.54) is 61.4 Å². The molecule has 0 aromatic carbocycles. The summed E-state index contributed by atoms with van der Waals surface area (Å²) in [5.41, 5.74) is 1.24. The first kappa shape index (κ1) is 20.0. The topological polar surface area (TPSA) is 27.1 Å². The van der Waals surface area contributed by atoms with E-state index in [1.807, 2.05) is 0 Å². The molecule has 0 N–H and O–H groups in total. The molecule has 4 heteroatoms. The molecular formula is C18H36N2OSn. The predicted octanol–water partition coefficient (Wildman–Crippen LogP) is 4.62. The van der Waals surface area contributed by atoms with Crippen molar-refractivity contribution in [3.63, 3.8) is 0 Å². The van der Waals surface area contributed by atoms with E-state index in [2.05, 4.69) is 38.6 Å². The summed E-state index contributed by atoms with van der Waals surface area (Å²) in [6.45, 7) is 7.65. The van der Waals surface area contributed by atoms with Gasteiger partial charge in [0.2, 0.25) is 0 Å². The third-order valence-corrected chi connectivity index (χ3v) is 20.1. The molecule has 0 aliphatic heterocycles. The number of methoxy groups -OCH3 is 1. The van der Waals surface area contributed by atoms with Crippen LogP contribution in [0.3, 0.4) is 0 Å². The second-order valence-corrected chi connectivity index (χ2v) is 19.5. The first-order chi connectivity index (χ1) is 10.6. The van der Waals surface area contributed by atoms with E-state index < -0.39 is 18.4 Å². The summed E-state index contributed by atoms with van der Waals surface area (Å²) in [5, 5.41) is 0. The molecule has 0 saturated carbocycles. The molecule has 1 heterocycles. The number of ether oxygens (including phenoxy) is 1. The molecule has 22 heavy (non-hydrogen) atoms. The van der Waals surface area contributed by atoms with Gasteiger partial charge in [0, 0.05) is 0 Å². The van der Waals surface area contributed by atoms with Crippen molar-refractivity contribution in [3.8, 4) is 0 Å². The van der Waals surface area contributed by atoms with Crippen molar-refractivity contribution in [2.24, 2.45) is 7.05 Å². The first-order valence-corrected chi connectivity index (χ1v) is 16.6. The number of unbranched alkanes of at least 4 members (excludes halogenated alkanes) is 3. The second kappa shape index (κ2) is 10.7. The van der Waals surface area contributed by atoms with Crippen molar-refractivity contribution < 1.29 is 4.74 Å². The molecule has 0 amide bonds. The minimum absolute atomic E-state index is 0.681. The number of aromatic nitrogens is 2.